The fourth-order valence-electron chi connectivity index (χ4n) is 0.987. The van der Waals surface area contributed by atoms with Crippen molar-refractivity contribution in [3.8, 4) is 0 Å². The third-order valence-corrected chi connectivity index (χ3v) is 1.79. The first-order valence-electron chi connectivity index (χ1n) is 4.97. The number of methoxy groups -OCH3 is 1. The van der Waals surface area contributed by atoms with Gasteiger partial charge in [-0.1, -0.05) is 0 Å². The number of carbonyl (C=O) groups is 2. The van der Waals surface area contributed by atoms with E-state index in [0.29, 0.717) is 32.7 Å². The van der Waals surface area contributed by atoms with Crippen molar-refractivity contribution in [2.24, 2.45) is 0 Å². The van der Waals surface area contributed by atoms with Crippen LogP contribution >= 0.6 is 0 Å². The number of carbonyl (C=O) groups excluding carboxylic acids is 1. The molecule has 88 valence electrons. The summed E-state index contributed by atoms with van der Waals surface area (Å²) in [5.74, 6) is -0.951. The highest BCUT2D eigenvalue weighted by atomic mass is 16.5. The molecule has 0 unspecified atom stereocenters. The highest BCUT2D eigenvalue weighted by Crippen LogP contribution is 1.99. The van der Waals surface area contributed by atoms with Gasteiger partial charge in [-0.25, -0.2) is 0 Å². The fourth-order valence-corrected chi connectivity index (χ4v) is 0.987. The standard InChI is InChI=1S/C10H18O5/c1-14-7-8-15-6-2-3-9(11)4-5-10(12)13/h2-8H2,1H3,(H,12,13). The van der Waals surface area contributed by atoms with Crippen molar-refractivity contribution in [3.63, 3.8) is 0 Å². The Bertz CT molecular complexity index is 190. The van der Waals surface area contributed by atoms with Crippen molar-refractivity contribution in [2.75, 3.05) is 26.9 Å². The normalized spacial score (nSPS) is 10.2. The van der Waals surface area contributed by atoms with Crippen LogP contribution in [0.3, 0.4) is 0 Å². The molecular weight excluding hydrogens is 200 g/mol. The minimum atomic E-state index is -0.931. The first-order chi connectivity index (χ1) is 7.16. The van der Waals surface area contributed by atoms with Crippen molar-refractivity contribution in [3.05, 3.63) is 0 Å². The molecular formula is C10H18O5. The zero-order valence-electron chi connectivity index (χ0n) is 9.03. The van der Waals surface area contributed by atoms with E-state index in [0.717, 1.165) is 0 Å². The van der Waals surface area contributed by atoms with Crippen LogP contribution < -0.4 is 0 Å². The van der Waals surface area contributed by atoms with Gasteiger partial charge >= 0.3 is 5.97 Å². The van der Waals surface area contributed by atoms with E-state index in [1.807, 2.05) is 0 Å². The molecule has 0 amide bonds. The SMILES string of the molecule is COCCOCCCC(=O)CCC(=O)O. The number of rotatable bonds is 10. The lowest BCUT2D eigenvalue weighted by Gasteiger charge is -2.02. The second-order valence-electron chi connectivity index (χ2n) is 3.14. The van der Waals surface area contributed by atoms with Crippen molar-refractivity contribution in [1.29, 1.82) is 0 Å². The van der Waals surface area contributed by atoms with Gasteiger partial charge in [0, 0.05) is 26.6 Å². The van der Waals surface area contributed by atoms with Crippen LogP contribution in [0.1, 0.15) is 25.7 Å². The number of Topliss-reactive ketones (excluding diaryl/α,β-unsaturated/α-hetero) is 1. The molecule has 0 spiro atoms. The van der Waals surface area contributed by atoms with Gasteiger partial charge in [0.2, 0.25) is 0 Å². The number of aliphatic carboxylic acids is 1. The summed E-state index contributed by atoms with van der Waals surface area (Å²) in [5, 5.41) is 8.34. The van der Waals surface area contributed by atoms with Crippen LogP contribution in [0.25, 0.3) is 0 Å². The van der Waals surface area contributed by atoms with E-state index in [2.05, 4.69) is 0 Å². The first-order valence-corrected chi connectivity index (χ1v) is 4.97. The van der Waals surface area contributed by atoms with Crippen molar-refractivity contribution < 1.29 is 24.2 Å². The van der Waals surface area contributed by atoms with E-state index in [4.69, 9.17) is 14.6 Å². The van der Waals surface area contributed by atoms with Crippen LogP contribution in [-0.4, -0.2) is 43.8 Å². The molecule has 0 fully saturated rings. The molecule has 0 bridgehead atoms. The second-order valence-corrected chi connectivity index (χ2v) is 3.14. The van der Waals surface area contributed by atoms with Crippen molar-refractivity contribution in [2.45, 2.75) is 25.7 Å². The van der Waals surface area contributed by atoms with Crippen molar-refractivity contribution in [1.82, 2.24) is 0 Å². The average molecular weight is 218 g/mol. The monoisotopic (exact) mass is 218 g/mol. The van der Waals surface area contributed by atoms with Gasteiger partial charge in [-0.15, -0.1) is 0 Å². The molecule has 5 heteroatoms. The van der Waals surface area contributed by atoms with E-state index in [1.165, 1.54) is 0 Å². The lowest BCUT2D eigenvalue weighted by Crippen LogP contribution is -2.06. The average Bonchev–Trinajstić information content (AvgIpc) is 2.20. The summed E-state index contributed by atoms with van der Waals surface area (Å²) in [6, 6.07) is 0. The molecule has 0 rings (SSSR count). The zero-order chi connectivity index (χ0) is 11.5. The maximum Gasteiger partial charge on any atom is 0.303 e. The van der Waals surface area contributed by atoms with E-state index in [9.17, 15) is 9.59 Å². The summed E-state index contributed by atoms with van der Waals surface area (Å²) >= 11 is 0. The molecule has 0 saturated carbocycles. The van der Waals surface area contributed by atoms with Gasteiger partial charge < -0.3 is 14.6 Å². The molecule has 0 aromatic heterocycles. The summed E-state index contributed by atoms with van der Waals surface area (Å²) in [6.45, 7) is 1.59. The van der Waals surface area contributed by atoms with Crippen LogP contribution in [0.4, 0.5) is 0 Å². The Morgan fingerprint density at radius 3 is 2.40 bits per heavy atom. The summed E-state index contributed by atoms with van der Waals surface area (Å²) < 4.78 is 9.93. The Hall–Kier alpha value is -0.940. The molecule has 0 atom stereocenters. The minimum absolute atomic E-state index is 0.0206. The van der Waals surface area contributed by atoms with Crippen LogP contribution in [0.15, 0.2) is 0 Å². The van der Waals surface area contributed by atoms with E-state index in [-0.39, 0.29) is 18.6 Å². The van der Waals surface area contributed by atoms with E-state index >= 15 is 0 Å². The Morgan fingerprint density at radius 1 is 1.07 bits per heavy atom. The molecule has 5 nitrogen and oxygen atoms in total. The molecule has 1 N–H and O–H groups in total. The molecule has 0 saturated heterocycles. The lowest BCUT2D eigenvalue weighted by molar-refractivity contribution is -0.138. The summed E-state index contributed by atoms with van der Waals surface area (Å²) in [4.78, 5) is 21.3. The van der Waals surface area contributed by atoms with Crippen LogP contribution in [-0.2, 0) is 19.1 Å². The summed E-state index contributed by atoms with van der Waals surface area (Å²) in [7, 11) is 1.60. The van der Waals surface area contributed by atoms with E-state index in [1.54, 1.807) is 7.11 Å². The van der Waals surface area contributed by atoms with Gasteiger partial charge in [-0.2, -0.15) is 0 Å². The van der Waals surface area contributed by atoms with Crippen LogP contribution in [0, 0.1) is 0 Å². The molecule has 0 aromatic carbocycles. The van der Waals surface area contributed by atoms with Crippen LogP contribution in [0.2, 0.25) is 0 Å². The number of ketones is 1. The predicted molar refractivity (Wildman–Crippen MR) is 53.8 cm³/mol. The first kappa shape index (κ1) is 14.1. The second kappa shape index (κ2) is 9.61. The van der Waals surface area contributed by atoms with Crippen LogP contribution in [0.5, 0.6) is 0 Å². The highest BCUT2D eigenvalue weighted by molar-refractivity contribution is 5.82. The summed E-state index contributed by atoms with van der Waals surface area (Å²) in [6.07, 6.45) is 1.07. The zero-order valence-corrected chi connectivity index (χ0v) is 9.03. The molecule has 0 aliphatic carbocycles. The van der Waals surface area contributed by atoms with Gasteiger partial charge in [0.1, 0.15) is 5.78 Å². The number of carboxylic acids is 1. The summed E-state index contributed by atoms with van der Waals surface area (Å²) in [5.41, 5.74) is 0. The minimum Gasteiger partial charge on any atom is -0.481 e. The van der Waals surface area contributed by atoms with Gasteiger partial charge in [0.25, 0.3) is 0 Å². The van der Waals surface area contributed by atoms with Crippen molar-refractivity contribution >= 4 is 11.8 Å². The largest absolute Gasteiger partial charge is 0.481 e. The van der Waals surface area contributed by atoms with Gasteiger partial charge in [-0.05, 0) is 6.42 Å². The molecule has 15 heavy (non-hydrogen) atoms. The number of carboxylic acid groups (broad SMARTS) is 1. The molecule has 0 radical (unpaired) electrons. The fraction of sp³-hybridized carbons (Fsp3) is 0.800. The smallest absolute Gasteiger partial charge is 0.303 e. The maximum absolute atomic E-state index is 11.1. The molecule has 0 aliphatic rings. The molecule has 0 aliphatic heterocycles. The number of hydrogen-bond acceptors (Lipinski definition) is 4. The predicted octanol–water partition coefficient (Wildman–Crippen LogP) is 0.863. The highest BCUT2D eigenvalue weighted by Gasteiger charge is 2.04. The lowest BCUT2D eigenvalue weighted by atomic mass is 10.1. The van der Waals surface area contributed by atoms with Gasteiger partial charge in [-0.3, -0.25) is 9.59 Å². The van der Waals surface area contributed by atoms with Gasteiger partial charge in [0.05, 0.1) is 19.6 Å². The third kappa shape index (κ3) is 11.0. The Balaban J connectivity index is 3.20. The third-order valence-electron chi connectivity index (χ3n) is 1.79. The van der Waals surface area contributed by atoms with E-state index < -0.39 is 5.97 Å². The molecule has 0 aromatic rings. The van der Waals surface area contributed by atoms with Gasteiger partial charge in [0.15, 0.2) is 0 Å². The topological polar surface area (TPSA) is 72.8 Å². The Kier molecular flexibility index (Phi) is 9.01. The number of ether oxygens (including phenoxy) is 2. The number of hydrogen-bond donors (Lipinski definition) is 1. The quantitative estimate of drug-likeness (QED) is 0.551. The molecule has 0 heterocycles. The Morgan fingerprint density at radius 2 is 1.80 bits per heavy atom. The Labute approximate surface area is 89.4 Å². The maximum atomic E-state index is 11.1.